The molecule has 0 saturated carbocycles. The van der Waals surface area contributed by atoms with Crippen molar-refractivity contribution in [3.63, 3.8) is 0 Å². The number of H-pyrrole nitrogens is 2. The van der Waals surface area contributed by atoms with Crippen LogP contribution in [0.4, 0.5) is 0 Å². The van der Waals surface area contributed by atoms with E-state index in [-0.39, 0.29) is 11.4 Å². The van der Waals surface area contributed by atoms with E-state index in [1.807, 2.05) is 18.2 Å². The molecule has 1 aliphatic heterocycles. The summed E-state index contributed by atoms with van der Waals surface area (Å²) in [6.07, 6.45) is 6.02. The lowest BCUT2D eigenvalue weighted by Crippen LogP contribution is -2.39. The van der Waals surface area contributed by atoms with Crippen LogP contribution in [-0.4, -0.2) is 26.2 Å². The summed E-state index contributed by atoms with van der Waals surface area (Å²) < 4.78 is 1.29. The van der Waals surface area contributed by atoms with Gasteiger partial charge < -0.3 is 15.4 Å². The molecule has 3 aromatic rings. The van der Waals surface area contributed by atoms with Crippen molar-refractivity contribution in [1.29, 1.82) is 0 Å². The average Bonchev–Trinajstić information content (AvgIpc) is 3.09. The van der Waals surface area contributed by atoms with Crippen molar-refractivity contribution in [1.82, 2.24) is 19.9 Å². The van der Waals surface area contributed by atoms with Gasteiger partial charge in [-0.1, -0.05) is 50.8 Å². The molecule has 3 heterocycles. The van der Waals surface area contributed by atoms with Crippen molar-refractivity contribution < 1.29 is 5.11 Å². The topological polar surface area (TPSA) is 103 Å². The Morgan fingerprint density at radius 2 is 1.90 bits per heavy atom. The Morgan fingerprint density at radius 3 is 2.72 bits per heavy atom. The summed E-state index contributed by atoms with van der Waals surface area (Å²) in [5.74, 6) is -0.238. The van der Waals surface area contributed by atoms with Gasteiger partial charge in [-0.2, -0.15) is 0 Å². The van der Waals surface area contributed by atoms with Gasteiger partial charge >= 0.3 is 5.69 Å². The van der Waals surface area contributed by atoms with Crippen molar-refractivity contribution in [2.75, 3.05) is 6.54 Å². The maximum absolute atomic E-state index is 12.7. The number of aromatic amines is 2. The van der Waals surface area contributed by atoms with E-state index in [1.165, 1.54) is 4.57 Å². The van der Waals surface area contributed by atoms with Gasteiger partial charge in [-0.05, 0) is 24.5 Å². The van der Waals surface area contributed by atoms with Gasteiger partial charge in [0.2, 0.25) is 5.88 Å². The number of para-hydroxylation sites is 1. The summed E-state index contributed by atoms with van der Waals surface area (Å²) in [5.41, 5.74) is 2.14. The Labute approximate surface area is 168 Å². The predicted molar refractivity (Wildman–Crippen MR) is 114 cm³/mol. The third kappa shape index (κ3) is 3.62. The molecule has 1 unspecified atom stereocenters. The number of hydrogen-bond donors (Lipinski definition) is 4. The predicted octanol–water partition coefficient (Wildman–Crippen LogP) is 2.93. The Balaban J connectivity index is 1.72. The molecule has 0 radical (unpaired) electrons. The molecule has 0 bridgehead atoms. The number of nitrogens with one attached hydrogen (secondary N) is 3. The highest BCUT2D eigenvalue weighted by molar-refractivity contribution is 5.85. The summed E-state index contributed by atoms with van der Waals surface area (Å²) in [4.78, 5) is 30.8. The Morgan fingerprint density at radius 1 is 1.10 bits per heavy atom. The van der Waals surface area contributed by atoms with Gasteiger partial charge in [0.25, 0.3) is 5.56 Å². The largest absolute Gasteiger partial charge is 0.494 e. The lowest BCUT2D eigenvalue weighted by atomic mass is 9.95. The van der Waals surface area contributed by atoms with Crippen molar-refractivity contribution >= 4 is 10.9 Å². The third-order valence-electron chi connectivity index (χ3n) is 5.84. The van der Waals surface area contributed by atoms with E-state index in [4.69, 9.17) is 0 Å². The average molecular weight is 396 g/mol. The van der Waals surface area contributed by atoms with Crippen molar-refractivity contribution in [3.8, 4) is 5.88 Å². The highest BCUT2D eigenvalue weighted by Gasteiger charge is 2.30. The SMILES string of the molecule is CCCCCCCn1c(O)c(C2NCCc3c2[nH]c2ccccc32)c(=O)[nH]c1=O. The fourth-order valence-electron chi connectivity index (χ4n) is 4.34. The van der Waals surface area contributed by atoms with Gasteiger partial charge in [0.15, 0.2) is 0 Å². The normalized spacial score (nSPS) is 16.2. The lowest BCUT2D eigenvalue weighted by Gasteiger charge is -2.25. The molecule has 1 aromatic carbocycles. The first kappa shape index (κ1) is 19.5. The number of benzene rings is 1. The molecule has 0 aliphatic carbocycles. The summed E-state index contributed by atoms with van der Waals surface area (Å²) in [7, 11) is 0. The quantitative estimate of drug-likeness (QED) is 0.461. The summed E-state index contributed by atoms with van der Waals surface area (Å²) in [6, 6.07) is 7.55. The first-order valence-corrected chi connectivity index (χ1v) is 10.5. The fourth-order valence-corrected chi connectivity index (χ4v) is 4.34. The minimum absolute atomic E-state index is 0.200. The number of rotatable bonds is 7. The number of fused-ring (bicyclic) bond motifs is 3. The van der Waals surface area contributed by atoms with Crippen molar-refractivity contribution in [2.45, 2.75) is 58.0 Å². The molecule has 7 nitrogen and oxygen atoms in total. The van der Waals surface area contributed by atoms with Crippen LogP contribution in [0.15, 0.2) is 33.9 Å². The van der Waals surface area contributed by atoms with Crippen molar-refractivity contribution in [2.24, 2.45) is 0 Å². The van der Waals surface area contributed by atoms with E-state index in [2.05, 4.69) is 28.3 Å². The van der Waals surface area contributed by atoms with Gasteiger partial charge in [-0.25, -0.2) is 4.79 Å². The molecule has 1 aliphatic rings. The second-order valence-electron chi connectivity index (χ2n) is 7.76. The first-order chi connectivity index (χ1) is 14.1. The minimum atomic E-state index is -0.556. The molecule has 0 spiro atoms. The Hall–Kier alpha value is -2.80. The second-order valence-corrected chi connectivity index (χ2v) is 7.76. The van der Waals surface area contributed by atoms with Crippen LogP contribution < -0.4 is 16.6 Å². The molecule has 29 heavy (non-hydrogen) atoms. The third-order valence-corrected chi connectivity index (χ3v) is 5.84. The molecule has 154 valence electrons. The van der Waals surface area contributed by atoms with E-state index in [0.29, 0.717) is 13.1 Å². The van der Waals surface area contributed by atoms with Gasteiger partial charge in [0.05, 0.1) is 6.04 Å². The molecule has 0 amide bonds. The molecule has 4 N–H and O–H groups in total. The molecular formula is C22H28N4O3. The van der Waals surface area contributed by atoms with Crippen LogP contribution in [0.2, 0.25) is 0 Å². The second kappa shape index (κ2) is 8.29. The van der Waals surface area contributed by atoms with E-state index in [9.17, 15) is 14.7 Å². The summed E-state index contributed by atoms with van der Waals surface area (Å²) in [5, 5.41) is 15.4. The van der Waals surface area contributed by atoms with Gasteiger partial charge in [-0.15, -0.1) is 0 Å². The molecular weight excluding hydrogens is 368 g/mol. The van der Waals surface area contributed by atoms with Crippen LogP contribution in [-0.2, 0) is 13.0 Å². The zero-order chi connectivity index (χ0) is 20.4. The van der Waals surface area contributed by atoms with E-state index in [1.54, 1.807) is 0 Å². The van der Waals surface area contributed by atoms with Crippen LogP contribution in [0.25, 0.3) is 10.9 Å². The lowest BCUT2D eigenvalue weighted by molar-refractivity contribution is 0.376. The number of unbranched alkanes of at least 4 members (excludes halogenated alkanes) is 4. The molecule has 1 atom stereocenters. The monoisotopic (exact) mass is 396 g/mol. The molecule has 2 aromatic heterocycles. The minimum Gasteiger partial charge on any atom is -0.494 e. The number of nitrogens with zero attached hydrogens (tertiary/aromatic N) is 1. The fraction of sp³-hybridized carbons (Fsp3) is 0.455. The van der Waals surface area contributed by atoms with Crippen LogP contribution in [0.3, 0.4) is 0 Å². The number of hydrogen-bond acceptors (Lipinski definition) is 4. The maximum Gasteiger partial charge on any atom is 0.331 e. The zero-order valence-corrected chi connectivity index (χ0v) is 16.8. The zero-order valence-electron chi connectivity index (χ0n) is 16.8. The van der Waals surface area contributed by atoms with E-state index >= 15 is 0 Å². The highest BCUT2D eigenvalue weighted by atomic mass is 16.3. The molecule has 0 saturated heterocycles. The summed E-state index contributed by atoms with van der Waals surface area (Å²) in [6.45, 7) is 3.24. The van der Waals surface area contributed by atoms with Gasteiger partial charge in [0.1, 0.15) is 5.56 Å². The first-order valence-electron chi connectivity index (χ1n) is 10.5. The van der Waals surface area contributed by atoms with Crippen LogP contribution in [0, 0.1) is 0 Å². The molecule has 4 rings (SSSR count). The van der Waals surface area contributed by atoms with Crippen LogP contribution >= 0.6 is 0 Å². The maximum atomic E-state index is 12.7. The number of aromatic hydroxyl groups is 1. The van der Waals surface area contributed by atoms with Gasteiger partial charge in [-0.3, -0.25) is 14.3 Å². The van der Waals surface area contributed by atoms with Gasteiger partial charge in [0, 0.05) is 29.7 Å². The van der Waals surface area contributed by atoms with Crippen LogP contribution in [0.1, 0.15) is 61.9 Å². The molecule has 0 fully saturated rings. The Kier molecular flexibility index (Phi) is 5.58. The smallest absolute Gasteiger partial charge is 0.331 e. The van der Waals surface area contributed by atoms with E-state index in [0.717, 1.165) is 60.7 Å². The highest BCUT2D eigenvalue weighted by Crippen LogP contribution is 2.34. The number of aromatic nitrogens is 3. The summed E-state index contributed by atoms with van der Waals surface area (Å²) >= 11 is 0. The Bertz CT molecular complexity index is 1130. The van der Waals surface area contributed by atoms with Crippen LogP contribution in [0.5, 0.6) is 5.88 Å². The van der Waals surface area contributed by atoms with E-state index < -0.39 is 17.3 Å². The van der Waals surface area contributed by atoms with Crippen molar-refractivity contribution in [3.05, 3.63) is 61.9 Å². The standard InChI is InChI=1S/C22H28N4O3/c1-2-3-4-5-8-13-26-21(28)17(20(27)25-22(26)29)19-18-15(11-12-23-19)14-9-6-7-10-16(14)24-18/h6-7,9-10,19,23-24,28H,2-5,8,11-13H2,1H3,(H,25,27,29). The molecule has 7 heteroatoms.